The summed E-state index contributed by atoms with van der Waals surface area (Å²) in [7, 11) is 0. The van der Waals surface area contributed by atoms with Crippen LogP contribution in [0.2, 0.25) is 0 Å². The van der Waals surface area contributed by atoms with Crippen LogP contribution in [0.3, 0.4) is 0 Å². The first-order valence-electron chi connectivity index (χ1n) is 10.2. The molecule has 4 aromatic rings. The number of halogens is 1. The van der Waals surface area contributed by atoms with E-state index >= 15 is 0 Å². The molecule has 1 heterocycles. The molecule has 0 saturated carbocycles. The number of thioether (sulfide) groups is 1. The maximum Gasteiger partial charge on any atom is 0.272 e. The Kier molecular flexibility index (Phi) is 5.33. The summed E-state index contributed by atoms with van der Waals surface area (Å²) in [5, 5.41) is 1.77. The zero-order valence-corrected chi connectivity index (χ0v) is 17.8. The number of rotatable bonds is 5. The first-order valence-corrected chi connectivity index (χ1v) is 11.2. The van der Waals surface area contributed by atoms with Gasteiger partial charge in [-0.05, 0) is 34.7 Å². The van der Waals surface area contributed by atoms with Crippen LogP contribution in [0.1, 0.15) is 11.1 Å². The van der Waals surface area contributed by atoms with Crippen LogP contribution in [0.25, 0.3) is 16.3 Å². The number of hydrogen-bond donors (Lipinski definition) is 0. The van der Waals surface area contributed by atoms with Gasteiger partial charge in [0.2, 0.25) is 0 Å². The van der Waals surface area contributed by atoms with Crippen LogP contribution in [0.15, 0.2) is 102 Å². The average Bonchev–Trinajstić information content (AvgIpc) is 3.07. The highest BCUT2D eigenvalue weighted by atomic mass is 32.2. The molecule has 3 nitrogen and oxygen atoms in total. The van der Waals surface area contributed by atoms with Crippen molar-refractivity contribution in [3.8, 4) is 0 Å². The lowest BCUT2D eigenvalue weighted by Gasteiger charge is -2.17. The van der Waals surface area contributed by atoms with Crippen LogP contribution in [-0.4, -0.2) is 11.8 Å². The lowest BCUT2D eigenvalue weighted by Crippen LogP contribution is -2.31. The van der Waals surface area contributed by atoms with Gasteiger partial charge in [-0.25, -0.2) is 9.29 Å². The monoisotopic (exact) mass is 439 g/mol. The zero-order valence-electron chi connectivity index (χ0n) is 17.0. The van der Waals surface area contributed by atoms with Crippen LogP contribution in [0.4, 0.5) is 10.1 Å². The van der Waals surface area contributed by atoms with E-state index in [0.29, 0.717) is 27.5 Å². The molecule has 0 aromatic heterocycles. The molecule has 0 fully saturated rings. The number of anilines is 1. The number of carbonyl (C=O) groups is 2. The maximum atomic E-state index is 13.6. The SMILES string of the molecule is O=C1C(SCc2ccccc2)=C(c2ccc(F)cc2)C(=O)N1c1cccc2ccccc12. The molecule has 0 N–H and O–H groups in total. The van der Waals surface area contributed by atoms with Crippen molar-refractivity contribution in [2.24, 2.45) is 0 Å². The summed E-state index contributed by atoms with van der Waals surface area (Å²) in [6.45, 7) is 0. The van der Waals surface area contributed by atoms with Crippen molar-refractivity contribution in [3.63, 3.8) is 0 Å². The van der Waals surface area contributed by atoms with Gasteiger partial charge in [-0.1, -0.05) is 78.9 Å². The molecule has 5 heteroatoms. The number of fused-ring (bicyclic) bond motifs is 1. The molecule has 2 amide bonds. The lowest BCUT2D eigenvalue weighted by atomic mass is 10.1. The zero-order chi connectivity index (χ0) is 22.1. The highest BCUT2D eigenvalue weighted by molar-refractivity contribution is 8.03. The van der Waals surface area contributed by atoms with Gasteiger partial charge in [0.05, 0.1) is 16.2 Å². The highest BCUT2D eigenvalue weighted by Crippen LogP contribution is 2.41. The van der Waals surface area contributed by atoms with E-state index in [1.165, 1.54) is 28.8 Å². The minimum Gasteiger partial charge on any atom is -0.268 e. The predicted octanol–water partition coefficient (Wildman–Crippen LogP) is 6.20. The third kappa shape index (κ3) is 3.61. The molecule has 4 aromatic carbocycles. The van der Waals surface area contributed by atoms with Crippen LogP contribution in [-0.2, 0) is 15.3 Å². The summed E-state index contributed by atoms with van der Waals surface area (Å²) >= 11 is 1.33. The predicted molar refractivity (Wildman–Crippen MR) is 127 cm³/mol. The van der Waals surface area contributed by atoms with Gasteiger partial charge in [0, 0.05) is 11.1 Å². The summed E-state index contributed by atoms with van der Waals surface area (Å²) in [6.07, 6.45) is 0. The lowest BCUT2D eigenvalue weighted by molar-refractivity contribution is -0.119. The number of amides is 2. The number of carbonyl (C=O) groups excluding carboxylic acids is 2. The van der Waals surface area contributed by atoms with Gasteiger partial charge < -0.3 is 0 Å². The third-order valence-corrected chi connectivity index (χ3v) is 6.55. The summed E-state index contributed by atoms with van der Waals surface area (Å²) in [6, 6.07) is 28.7. The van der Waals surface area contributed by atoms with E-state index in [9.17, 15) is 14.0 Å². The second-order valence-corrected chi connectivity index (χ2v) is 8.41. The second kappa shape index (κ2) is 8.44. The smallest absolute Gasteiger partial charge is 0.268 e. The van der Waals surface area contributed by atoms with Gasteiger partial charge in [0.15, 0.2) is 0 Å². The molecule has 0 aliphatic carbocycles. The first-order chi connectivity index (χ1) is 15.6. The van der Waals surface area contributed by atoms with Crippen molar-refractivity contribution in [1.82, 2.24) is 0 Å². The second-order valence-electron chi connectivity index (χ2n) is 7.43. The van der Waals surface area contributed by atoms with E-state index in [1.54, 1.807) is 18.2 Å². The van der Waals surface area contributed by atoms with Crippen LogP contribution in [0, 0.1) is 5.82 Å². The van der Waals surface area contributed by atoms with Crippen molar-refractivity contribution in [2.45, 2.75) is 5.75 Å². The number of hydrogen-bond acceptors (Lipinski definition) is 3. The van der Waals surface area contributed by atoms with E-state index in [1.807, 2.05) is 66.7 Å². The Balaban J connectivity index is 1.60. The molecular weight excluding hydrogens is 421 g/mol. The molecule has 0 bridgehead atoms. The molecule has 0 atom stereocenters. The van der Waals surface area contributed by atoms with Gasteiger partial charge >= 0.3 is 0 Å². The summed E-state index contributed by atoms with van der Waals surface area (Å²) < 4.78 is 13.5. The van der Waals surface area contributed by atoms with E-state index < -0.39 is 11.7 Å². The highest BCUT2D eigenvalue weighted by Gasteiger charge is 2.40. The average molecular weight is 440 g/mol. The normalized spacial score (nSPS) is 14.0. The maximum absolute atomic E-state index is 13.6. The van der Waals surface area contributed by atoms with Crippen molar-refractivity contribution in [3.05, 3.63) is 119 Å². The Morgan fingerprint density at radius 3 is 2.19 bits per heavy atom. The van der Waals surface area contributed by atoms with Crippen LogP contribution < -0.4 is 4.90 Å². The van der Waals surface area contributed by atoms with Crippen molar-refractivity contribution in [1.29, 1.82) is 0 Å². The molecule has 0 spiro atoms. The molecular formula is C27H18FNO2S. The topological polar surface area (TPSA) is 37.4 Å². The Labute approximate surface area is 189 Å². The Hall–Kier alpha value is -3.70. The molecule has 1 aliphatic heterocycles. The molecule has 1 aliphatic rings. The van der Waals surface area contributed by atoms with Gasteiger partial charge in [-0.3, -0.25) is 9.59 Å². The minimum absolute atomic E-state index is 0.309. The van der Waals surface area contributed by atoms with E-state index in [4.69, 9.17) is 0 Å². The summed E-state index contributed by atoms with van der Waals surface area (Å²) in [4.78, 5) is 28.8. The molecule has 0 radical (unpaired) electrons. The molecule has 0 saturated heterocycles. The summed E-state index contributed by atoms with van der Waals surface area (Å²) in [5.41, 5.74) is 2.44. The Morgan fingerprint density at radius 2 is 1.41 bits per heavy atom. The number of benzene rings is 4. The van der Waals surface area contributed by atoms with Gasteiger partial charge in [0.1, 0.15) is 5.82 Å². The largest absolute Gasteiger partial charge is 0.272 e. The number of nitrogens with zero attached hydrogens (tertiary/aromatic N) is 1. The Bertz CT molecular complexity index is 1360. The van der Waals surface area contributed by atoms with Crippen molar-refractivity contribution in [2.75, 3.05) is 4.90 Å². The summed E-state index contributed by atoms with van der Waals surface area (Å²) in [5.74, 6) is -0.598. The minimum atomic E-state index is -0.395. The quantitative estimate of drug-likeness (QED) is 0.348. The van der Waals surface area contributed by atoms with Crippen molar-refractivity contribution >= 4 is 45.6 Å². The molecule has 156 valence electrons. The number of imide groups is 1. The van der Waals surface area contributed by atoms with E-state index in [2.05, 4.69) is 0 Å². The van der Waals surface area contributed by atoms with E-state index in [0.717, 1.165) is 16.3 Å². The third-order valence-electron chi connectivity index (χ3n) is 5.41. The van der Waals surface area contributed by atoms with Gasteiger partial charge in [-0.2, -0.15) is 0 Å². The van der Waals surface area contributed by atoms with Gasteiger partial charge in [0.25, 0.3) is 11.8 Å². The van der Waals surface area contributed by atoms with Gasteiger partial charge in [-0.15, -0.1) is 11.8 Å². The van der Waals surface area contributed by atoms with Crippen LogP contribution in [0.5, 0.6) is 0 Å². The van der Waals surface area contributed by atoms with Crippen LogP contribution >= 0.6 is 11.8 Å². The first kappa shape index (κ1) is 20.2. The Morgan fingerprint density at radius 1 is 0.719 bits per heavy atom. The standard InChI is InChI=1S/C27H18FNO2S/c28-21-15-13-20(14-16-21)24-25(32-17-18-7-2-1-3-8-18)27(31)29(26(24)30)23-12-6-10-19-9-4-5-11-22(19)23/h1-16H,17H2. The van der Waals surface area contributed by atoms with E-state index in [-0.39, 0.29) is 5.91 Å². The fourth-order valence-corrected chi connectivity index (χ4v) is 4.93. The molecule has 32 heavy (non-hydrogen) atoms. The van der Waals surface area contributed by atoms with Crippen molar-refractivity contribution < 1.29 is 14.0 Å². The fourth-order valence-electron chi connectivity index (χ4n) is 3.87. The fraction of sp³-hybridized carbons (Fsp3) is 0.0370. The molecule has 0 unspecified atom stereocenters. The molecule has 5 rings (SSSR count).